The van der Waals surface area contributed by atoms with Crippen molar-refractivity contribution in [3.05, 3.63) is 0 Å². The number of hydrogen-bond acceptors (Lipinski definition) is 3. The zero-order valence-electron chi connectivity index (χ0n) is 8.46. The fourth-order valence-electron chi connectivity index (χ4n) is 1.85. The Kier molecular flexibility index (Phi) is 3.86. The highest BCUT2D eigenvalue weighted by Gasteiger charge is 2.44. The summed E-state index contributed by atoms with van der Waals surface area (Å²) in [4.78, 5) is 11.1. The van der Waals surface area contributed by atoms with Crippen LogP contribution in [0, 0.1) is 0 Å². The van der Waals surface area contributed by atoms with E-state index in [0.29, 0.717) is 0 Å². The largest absolute Gasteiger partial charge is 0.464 e. The van der Waals surface area contributed by atoms with E-state index in [4.69, 9.17) is 0 Å². The van der Waals surface area contributed by atoms with Gasteiger partial charge in [-0.3, -0.25) is 0 Å². The smallest absolute Gasteiger partial charge is 0.338 e. The lowest BCUT2D eigenvalue weighted by molar-refractivity contribution is -0.164. The number of carbonyl (C=O) groups is 1. The molecule has 1 aliphatic rings. The summed E-state index contributed by atoms with van der Waals surface area (Å²) in [6, 6.07) is 0. The molecule has 0 radical (unpaired) electrons. The van der Waals surface area contributed by atoms with Gasteiger partial charge in [-0.1, -0.05) is 19.3 Å². The number of carbonyl (C=O) groups excluding carboxylic acids is 1. The first-order valence-electron chi connectivity index (χ1n) is 5.14. The monoisotopic (exact) mass is 204 g/mol. The Bertz CT molecular complexity index is 200. The molecule has 0 aromatic carbocycles. The highest BCUT2D eigenvalue weighted by atomic mass is 19.1. The average molecular weight is 204 g/mol. The normalized spacial score (nSPS) is 22.8. The fraction of sp³-hybridized carbons (Fsp3) is 0.900. The van der Waals surface area contributed by atoms with Gasteiger partial charge >= 0.3 is 5.97 Å². The van der Waals surface area contributed by atoms with E-state index in [1.165, 1.54) is 0 Å². The predicted molar refractivity (Wildman–Crippen MR) is 49.6 cm³/mol. The van der Waals surface area contributed by atoms with E-state index in [0.717, 1.165) is 19.3 Å². The summed E-state index contributed by atoms with van der Waals surface area (Å²) in [6.07, 6.45) is 1.34. The minimum atomic E-state index is -1.76. The minimum Gasteiger partial charge on any atom is -0.464 e. The summed E-state index contributed by atoms with van der Waals surface area (Å²) in [5.74, 6) is -0.836. The third-order valence-electron chi connectivity index (χ3n) is 2.68. The number of hydrogen-bond donors (Lipinski definition) is 1. The molecule has 4 heteroatoms. The van der Waals surface area contributed by atoms with Gasteiger partial charge < -0.3 is 9.84 Å². The lowest BCUT2D eigenvalue weighted by atomic mass is 9.82. The molecule has 0 aromatic heterocycles. The van der Waals surface area contributed by atoms with Crippen LogP contribution in [0.25, 0.3) is 0 Å². The zero-order chi connectivity index (χ0) is 10.6. The Morgan fingerprint density at radius 2 is 2.07 bits per heavy atom. The van der Waals surface area contributed by atoms with Gasteiger partial charge in [-0.2, -0.15) is 0 Å². The van der Waals surface area contributed by atoms with Crippen molar-refractivity contribution in [3.8, 4) is 0 Å². The lowest BCUT2D eigenvalue weighted by Crippen LogP contribution is -2.45. The summed E-state index contributed by atoms with van der Waals surface area (Å²) >= 11 is 0. The van der Waals surface area contributed by atoms with Crippen LogP contribution in [0.5, 0.6) is 0 Å². The number of ether oxygens (including phenoxy) is 1. The molecule has 0 aromatic rings. The molecule has 0 saturated heterocycles. The summed E-state index contributed by atoms with van der Waals surface area (Å²) in [7, 11) is 0. The first-order valence-corrected chi connectivity index (χ1v) is 5.14. The second-order valence-electron chi connectivity index (χ2n) is 3.75. The van der Waals surface area contributed by atoms with Crippen molar-refractivity contribution in [3.63, 3.8) is 0 Å². The first-order chi connectivity index (χ1) is 6.60. The molecular weight excluding hydrogens is 187 g/mol. The second kappa shape index (κ2) is 4.73. The van der Waals surface area contributed by atoms with Crippen molar-refractivity contribution in [1.29, 1.82) is 0 Å². The van der Waals surface area contributed by atoms with E-state index in [9.17, 15) is 14.3 Å². The van der Waals surface area contributed by atoms with Gasteiger partial charge in [0.2, 0.25) is 0 Å². The minimum absolute atomic E-state index is 0.173. The highest BCUT2D eigenvalue weighted by Crippen LogP contribution is 2.35. The Morgan fingerprint density at radius 1 is 1.50 bits per heavy atom. The van der Waals surface area contributed by atoms with Gasteiger partial charge in [0.25, 0.3) is 0 Å². The molecule has 0 amide bonds. The van der Waals surface area contributed by atoms with E-state index in [2.05, 4.69) is 4.74 Å². The van der Waals surface area contributed by atoms with E-state index in [-0.39, 0.29) is 19.4 Å². The second-order valence-corrected chi connectivity index (χ2v) is 3.75. The summed E-state index contributed by atoms with van der Waals surface area (Å²) < 4.78 is 18.6. The molecule has 1 unspecified atom stereocenters. The van der Waals surface area contributed by atoms with Crippen molar-refractivity contribution in [2.75, 3.05) is 6.61 Å². The quantitative estimate of drug-likeness (QED) is 0.710. The molecule has 1 rings (SSSR count). The number of esters is 1. The van der Waals surface area contributed by atoms with Crippen LogP contribution in [-0.4, -0.2) is 29.5 Å². The van der Waals surface area contributed by atoms with Crippen LogP contribution >= 0.6 is 0 Å². The number of rotatable bonds is 3. The molecule has 3 nitrogen and oxygen atoms in total. The maximum Gasteiger partial charge on any atom is 0.338 e. The van der Waals surface area contributed by atoms with Crippen molar-refractivity contribution >= 4 is 5.97 Å². The fourth-order valence-corrected chi connectivity index (χ4v) is 1.85. The van der Waals surface area contributed by atoms with Crippen LogP contribution in [-0.2, 0) is 9.53 Å². The van der Waals surface area contributed by atoms with Crippen molar-refractivity contribution < 1.29 is 19.0 Å². The van der Waals surface area contributed by atoms with E-state index in [1.54, 1.807) is 6.92 Å². The van der Waals surface area contributed by atoms with Crippen LogP contribution in [0.1, 0.15) is 39.0 Å². The van der Waals surface area contributed by atoms with Crippen molar-refractivity contribution in [1.82, 2.24) is 0 Å². The molecule has 0 heterocycles. The van der Waals surface area contributed by atoms with E-state index in [1.807, 2.05) is 0 Å². The number of aliphatic hydroxyl groups excluding tert-OH is 1. The Morgan fingerprint density at radius 3 is 2.57 bits per heavy atom. The van der Waals surface area contributed by atoms with Gasteiger partial charge in [-0.15, -0.1) is 0 Å². The van der Waals surface area contributed by atoms with Crippen LogP contribution in [0.4, 0.5) is 4.39 Å². The summed E-state index contributed by atoms with van der Waals surface area (Å²) in [5, 5.41) is 9.48. The molecule has 1 fully saturated rings. The van der Waals surface area contributed by atoms with Crippen LogP contribution in [0.15, 0.2) is 0 Å². The van der Waals surface area contributed by atoms with Crippen LogP contribution in [0.2, 0.25) is 0 Å². The number of aliphatic hydroxyl groups is 1. The van der Waals surface area contributed by atoms with E-state index >= 15 is 0 Å². The molecule has 14 heavy (non-hydrogen) atoms. The van der Waals surface area contributed by atoms with Gasteiger partial charge in [-0.25, -0.2) is 9.18 Å². The first kappa shape index (κ1) is 11.4. The van der Waals surface area contributed by atoms with E-state index < -0.39 is 17.7 Å². The lowest BCUT2D eigenvalue weighted by Gasteiger charge is -2.32. The Labute approximate surface area is 83.3 Å². The van der Waals surface area contributed by atoms with Crippen LogP contribution < -0.4 is 0 Å². The molecule has 0 aliphatic heterocycles. The van der Waals surface area contributed by atoms with Gasteiger partial charge in [0.1, 0.15) is 5.67 Å². The zero-order valence-corrected chi connectivity index (χ0v) is 8.46. The number of halogens is 1. The van der Waals surface area contributed by atoms with Gasteiger partial charge in [-0.05, 0) is 19.8 Å². The Balaban J connectivity index is 2.56. The molecule has 1 atom stereocenters. The molecule has 82 valence electrons. The maximum absolute atomic E-state index is 14.0. The summed E-state index contributed by atoms with van der Waals surface area (Å²) in [5.41, 5.74) is -1.76. The standard InChI is InChI=1S/C10H17FO3/c1-2-14-9(13)8(12)10(11)6-4-3-5-7-10/h8,12H,2-7H2,1H3. The van der Waals surface area contributed by atoms with Crippen LogP contribution in [0.3, 0.4) is 0 Å². The van der Waals surface area contributed by atoms with Gasteiger partial charge in [0.05, 0.1) is 6.61 Å². The summed E-state index contributed by atoms with van der Waals surface area (Å²) in [6.45, 7) is 1.81. The van der Waals surface area contributed by atoms with Crippen molar-refractivity contribution in [2.45, 2.75) is 50.8 Å². The molecule has 1 aliphatic carbocycles. The van der Waals surface area contributed by atoms with Gasteiger partial charge in [0, 0.05) is 0 Å². The third kappa shape index (κ3) is 2.44. The highest BCUT2D eigenvalue weighted by molar-refractivity contribution is 5.76. The number of alkyl halides is 1. The topological polar surface area (TPSA) is 46.5 Å². The average Bonchev–Trinajstić information content (AvgIpc) is 2.18. The third-order valence-corrected chi connectivity index (χ3v) is 2.68. The Hall–Kier alpha value is -0.640. The molecular formula is C10H17FO3. The maximum atomic E-state index is 14.0. The van der Waals surface area contributed by atoms with Crippen molar-refractivity contribution in [2.24, 2.45) is 0 Å². The van der Waals surface area contributed by atoms with Gasteiger partial charge in [0.15, 0.2) is 6.10 Å². The molecule has 1 saturated carbocycles. The molecule has 0 spiro atoms. The molecule has 1 N–H and O–H groups in total. The SMILES string of the molecule is CCOC(=O)C(O)C1(F)CCCCC1. The molecule has 0 bridgehead atoms. The predicted octanol–water partition coefficient (Wildman–Crippen LogP) is 1.58.